The number of hydrogen-bond donors (Lipinski definition) is 1. The maximum atomic E-state index is 12.2. The average Bonchev–Trinajstić information content (AvgIpc) is 2.89. The van der Waals surface area contributed by atoms with Crippen molar-refractivity contribution in [2.24, 2.45) is 0 Å². The normalized spacial score (nSPS) is 10.8. The number of nitro benzene ring substituents is 1. The molecule has 0 fully saturated rings. The van der Waals surface area contributed by atoms with Crippen molar-refractivity contribution < 1.29 is 23.2 Å². The molecule has 26 heavy (non-hydrogen) atoms. The Kier molecular flexibility index (Phi) is 6.61. The Labute approximate surface area is 155 Å². The number of nitrogens with one attached hydrogen (secondary N) is 1. The lowest BCUT2D eigenvalue weighted by Crippen LogP contribution is -2.15. The molecule has 0 unspecified atom stereocenters. The minimum Gasteiger partial charge on any atom is -0.487 e. The van der Waals surface area contributed by atoms with Gasteiger partial charge in [-0.25, -0.2) is 8.78 Å². The molecule has 2 aromatic rings. The van der Waals surface area contributed by atoms with Crippen LogP contribution in [0, 0.1) is 17.0 Å². The predicted octanol–water partition coefficient (Wildman–Crippen LogP) is 3.53. The summed E-state index contributed by atoms with van der Waals surface area (Å²) >= 11 is 3.32. The number of aromatic nitrogens is 2. The smallest absolute Gasteiger partial charge is 0.275 e. The lowest BCUT2D eigenvalue weighted by Gasteiger charge is -2.09. The first kappa shape index (κ1) is 19.8. The maximum absolute atomic E-state index is 12.2. The molecule has 8 nitrogen and oxygen atoms in total. The average molecular weight is 433 g/mol. The van der Waals surface area contributed by atoms with Gasteiger partial charge in [-0.05, 0) is 22.9 Å². The fourth-order valence-corrected chi connectivity index (χ4v) is 2.37. The molecule has 0 radical (unpaired) electrons. The molecule has 0 aliphatic rings. The zero-order chi connectivity index (χ0) is 19.3. The number of alkyl halides is 2. The number of non-ortho nitro benzene ring substituents is 1. The first-order chi connectivity index (χ1) is 12.2. The Hall–Kier alpha value is -2.56. The fraction of sp³-hybridized carbons (Fsp3) is 0.333. The molecule has 0 atom stereocenters. The van der Waals surface area contributed by atoms with Crippen LogP contribution in [0.5, 0.6) is 5.75 Å². The molecule has 0 aliphatic heterocycles. The summed E-state index contributed by atoms with van der Waals surface area (Å²) in [6.07, 6.45) is -0.917. The summed E-state index contributed by atoms with van der Waals surface area (Å²) in [6, 6.07) is 3.39. The van der Waals surface area contributed by atoms with Crippen LogP contribution in [-0.4, -0.2) is 33.6 Å². The van der Waals surface area contributed by atoms with Crippen molar-refractivity contribution in [3.05, 3.63) is 44.7 Å². The maximum Gasteiger partial charge on any atom is 0.275 e. The molecular weight excluding hydrogens is 418 g/mol. The highest BCUT2D eigenvalue weighted by atomic mass is 79.9. The van der Waals surface area contributed by atoms with Gasteiger partial charge in [0.05, 0.1) is 26.8 Å². The third-order valence-corrected chi connectivity index (χ3v) is 3.99. The zero-order valence-corrected chi connectivity index (χ0v) is 15.2. The summed E-state index contributed by atoms with van der Waals surface area (Å²) in [5.74, 6) is -0.531. The Bertz CT molecular complexity index is 793. The molecule has 1 aromatic carbocycles. The number of ether oxygens (including phenoxy) is 1. The lowest BCUT2D eigenvalue weighted by atomic mass is 10.2. The molecule has 0 aliphatic carbocycles. The number of halogens is 3. The third kappa shape index (κ3) is 5.76. The van der Waals surface area contributed by atoms with Crippen LogP contribution in [0.1, 0.15) is 12.1 Å². The monoisotopic (exact) mass is 432 g/mol. The van der Waals surface area contributed by atoms with Gasteiger partial charge in [0.2, 0.25) is 5.91 Å². The molecule has 1 amide bonds. The number of anilines is 1. The third-order valence-electron chi connectivity index (χ3n) is 3.22. The topological polar surface area (TPSA) is 99.3 Å². The fourth-order valence-electron chi connectivity index (χ4n) is 2.05. The van der Waals surface area contributed by atoms with E-state index in [2.05, 4.69) is 26.3 Å². The van der Waals surface area contributed by atoms with Crippen LogP contribution in [0.25, 0.3) is 0 Å². The Morgan fingerprint density at radius 3 is 2.77 bits per heavy atom. The van der Waals surface area contributed by atoms with Crippen LogP contribution in [-0.2, 0) is 11.3 Å². The van der Waals surface area contributed by atoms with Gasteiger partial charge < -0.3 is 10.1 Å². The highest BCUT2D eigenvalue weighted by Gasteiger charge is 2.14. The van der Waals surface area contributed by atoms with Gasteiger partial charge in [-0.2, -0.15) is 5.10 Å². The van der Waals surface area contributed by atoms with Crippen molar-refractivity contribution in [1.29, 1.82) is 0 Å². The zero-order valence-electron chi connectivity index (χ0n) is 13.6. The van der Waals surface area contributed by atoms with Crippen molar-refractivity contribution in [1.82, 2.24) is 9.78 Å². The molecule has 1 heterocycles. The highest BCUT2D eigenvalue weighted by molar-refractivity contribution is 9.10. The van der Waals surface area contributed by atoms with Crippen molar-refractivity contribution >= 4 is 33.2 Å². The first-order valence-corrected chi connectivity index (χ1v) is 8.23. The molecule has 1 aromatic heterocycles. The summed E-state index contributed by atoms with van der Waals surface area (Å²) in [6.45, 7) is 1.22. The van der Waals surface area contributed by atoms with E-state index in [1.165, 1.54) is 6.07 Å². The summed E-state index contributed by atoms with van der Waals surface area (Å²) < 4.78 is 31.7. The standard InChI is InChI=1S/C15H15BrF2N4O4/c1-9-13(16)7-21(20-9)3-2-15(23)19-10-4-11(22(24)25)6-12(5-10)26-8-14(17)18/h4-7,14H,2-3,8H2,1H3,(H,19,23). The van der Waals surface area contributed by atoms with Crippen LogP contribution in [0.2, 0.25) is 0 Å². The number of rotatable bonds is 8. The molecule has 140 valence electrons. The highest BCUT2D eigenvalue weighted by Crippen LogP contribution is 2.26. The van der Waals surface area contributed by atoms with Crippen molar-refractivity contribution in [3.63, 3.8) is 0 Å². The second-order valence-corrected chi connectivity index (χ2v) is 6.15. The second kappa shape index (κ2) is 8.70. The number of carbonyl (C=O) groups is 1. The van der Waals surface area contributed by atoms with Crippen LogP contribution in [0.15, 0.2) is 28.9 Å². The summed E-state index contributed by atoms with van der Waals surface area (Å²) in [5, 5.41) is 17.6. The molecule has 2 rings (SSSR count). The molecular formula is C15H15BrF2N4O4. The van der Waals surface area contributed by atoms with Crippen molar-refractivity contribution in [2.45, 2.75) is 26.3 Å². The molecule has 0 spiro atoms. The van der Waals surface area contributed by atoms with Crippen molar-refractivity contribution in [2.75, 3.05) is 11.9 Å². The van der Waals surface area contributed by atoms with Gasteiger partial charge in [0, 0.05) is 31.3 Å². The number of nitrogens with zero attached hydrogens (tertiary/aromatic N) is 3. The van der Waals surface area contributed by atoms with Gasteiger partial charge in [0.25, 0.3) is 12.1 Å². The van der Waals surface area contributed by atoms with Gasteiger partial charge in [-0.1, -0.05) is 0 Å². The van der Waals surface area contributed by atoms with Crippen LogP contribution >= 0.6 is 15.9 Å². The number of carbonyl (C=O) groups excluding carboxylic acids is 1. The van der Waals surface area contributed by atoms with E-state index in [0.717, 1.165) is 22.3 Å². The van der Waals surface area contributed by atoms with E-state index in [9.17, 15) is 23.7 Å². The number of nitro groups is 1. The number of benzene rings is 1. The van der Waals surface area contributed by atoms with E-state index in [0.29, 0.717) is 6.54 Å². The first-order valence-electron chi connectivity index (χ1n) is 7.44. The van der Waals surface area contributed by atoms with Crippen LogP contribution < -0.4 is 10.1 Å². The minimum atomic E-state index is -2.72. The molecule has 1 N–H and O–H groups in total. The van der Waals surface area contributed by atoms with E-state index in [-0.39, 0.29) is 23.5 Å². The van der Waals surface area contributed by atoms with Crippen LogP contribution in [0.3, 0.4) is 0 Å². The van der Waals surface area contributed by atoms with Gasteiger partial charge in [-0.3, -0.25) is 19.6 Å². The number of amides is 1. The second-order valence-electron chi connectivity index (χ2n) is 5.30. The summed E-state index contributed by atoms with van der Waals surface area (Å²) in [4.78, 5) is 22.3. The van der Waals surface area contributed by atoms with E-state index in [4.69, 9.17) is 4.74 Å². The Morgan fingerprint density at radius 1 is 1.46 bits per heavy atom. The minimum absolute atomic E-state index is 0.0729. The van der Waals surface area contributed by atoms with E-state index in [1.807, 2.05) is 6.92 Å². The van der Waals surface area contributed by atoms with Crippen LogP contribution in [0.4, 0.5) is 20.2 Å². The SMILES string of the molecule is Cc1nn(CCC(=O)Nc2cc(OCC(F)F)cc([N+](=O)[O-])c2)cc1Br. The summed E-state index contributed by atoms with van der Waals surface area (Å²) in [7, 11) is 0. The van der Waals surface area contributed by atoms with Gasteiger partial charge in [0.15, 0.2) is 0 Å². The molecule has 0 saturated carbocycles. The summed E-state index contributed by atoms with van der Waals surface area (Å²) in [5.41, 5.74) is 0.495. The van der Waals surface area contributed by atoms with E-state index >= 15 is 0 Å². The largest absolute Gasteiger partial charge is 0.487 e. The molecule has 0 saturated heterocycles. The lowest BCUT2D eigenvalue weighted by molar-refractivity contribution is -0.384. The van der Waals surface area contributed by atoms with Crippen molar-refractivity contribution in [3.8, 4) is 5.75 Å². The van der Waals surface area contributed by atoms with Gasteiger partial charge >= 0.3 is 0 Å². The van der Waals surface area contributed by atoms with E-state index in [1.54, 1.807) is 10.9 Å². The van der Waals surface area contributed by atoms with Gasteiger partial charge in [0.1, 0.15) is 12.4 Å². The number of aryl methyl sites for hydroxylation is 2. The Balaban J connectivity index is 2.03. The number of hydrogen-bond acceptors (Lipinski definition) is 5. The van der Waals surface area contributed by atoms with E-state index < -0.39 is 23.9 Å². The Morgan fingerprint density at radius 2 is 2.19 bits per heavy atom. The van der Waals surface area contributed by atoms with Gasteiger partial charge in [-0.15, -0.1) is 0 Å². The molecule has 0 bridgehead atoms. The predicted molar refractivity (Wildman–Crippen MR) is 92.5 cm³/mol. The quantitative estimate of drug-likeness (QED) is 0.507. The molecule has 11 heteroatoms.